The van der Waals surface area contributed by atoms with Gasteiger partial charge in [-0.1, -0.05) is 224 Å². The lowest BCUT2D eigenvalue weighted by Gasteiger charge is -2.42. The summed E-state index contributed by atoms with van der Waals surface area (Å²) in [6.45, 7) is -0.667. The van der Waals surface area contributed by atoms with Crippen LogP contribution in [0, 0.1) is 0 Å². The molecular weight excluding hydrogens is 1300 g/mol. The van der Waals surface area contributed by atoms with Crippen LogP contribution in [0.3, 0.4) is 0 Å². The number of hydrogen-bond acceptors (Lipinski definition) is 8. The number of hydrogen-bond donors (Lipinski definition) is 0. The Bertz CT molecular complexity index is 6180. The van der Waals surface area contributed by atoms with Gasteiger partial charge in [-0.2, -0.15) is 0 Å². The van der Waals surface area contributed by atoms with Gasteiger partial charge in [-0.25, -0.2) is 0 Å². The number of rotatable bonds is 9. The maximum Gasteiger partial charge on any atom is 0.256 e. The number of ether oxygens (including phenoxy) is 3. The quantitative estimate of drug-likeness (QED) is 0.105. The molecule has 11 heteroatoms. The van der Waals surface area contributed by atoms with Crippen LogP contribution in [0.15, 0.2) is 364 Å². The fourth-order valence-corrected chi connectivity index (χ4v) is 18.6. The molecule has 0 fully saturated rings. The summed E-state index contributed by atoms with van der Waals surface area (Å²) in [5.41, 5.74) is 26.0. The molecule has 0 radical (unpaired) electrons. The third-order valence-electron chi connectivity index (χ3n) is 22.9. The number of fused-ring (bicyclic) bond motifs is 21. The molecule has 6 heterocycles. The van der Waals surface area contributed by atoms with Crippen LogP contribution in [0.4, 0.5) is 85.3 Å². The Labute approximate surface area is 620 Å². The zero-order valence-electron chi connectivity index (χ0n) is 57.8. The molecule has 0 saturated carbocycles. The van der Waals surface area contributed by atoms with Crippen molar-refractivity contribution in [1.29, 1.82) is 0 Å². The Morgan fingerprint density at radius 3 is 0.832 bits per heavy atom. The van der Waals surface area contributed by atoms with Crippen molar-refractivity contribution in [3.63, 3.8) is 0 Å². The highest BCUT2D eigenvalue weighted by Crippen LogP contribution is 2.54. The summed E-state index contributed by atoms with van der Waals surface area (Å²) in [6, 6.07) is 132. The normalized spacial score (nSPS) is 13.3. The van der Waals surface area contributed by atoms with E-state index >= 15 is 0 Å². The van der Waals surface area contributed by atoms with E-state index in [1.807, 2.05) is 0 Å². The summed E-state index contributed by atoms with van der Waals surface area (Å²) in [4.78, 5) is 12.0. The highest BCUT2D eigenvalue weighted by atomic mass is 16.5. The molecule has 17 aromatic rings. The molecule has 17 aromatic carbocycles. The highest BCUT2D eigenvalue weighted by Gasteiger charge is 2.48. The van der Waals surface area contributed by atoms with Crippen LogP contribution >= 0.6 is 0 Å². The molecule has 0 atom stereocenters. The minimum absolute atomic E-state index is 0.175. The smallest absolute Gasteiger partial charge is 0.256 e. The Morgan fingerprint density at radius 1 is 0.206 bits per heavy atom. The van der Waals surface area contributed by atoms with E-state index in [1.165, 1.54) is 16.4 Å². The van der Waals surface area contributed by atoms with E-state index in [2.05, 4.69) is 388 Å². The van der Waals surface area contributed by atoms with Crippen molar-refractivity contribution in [1.82, 2.24) is 0 Å². The lowest BCUT2D eigenvalue weighted by atomic mass is 9.33. The van der Waals surface area contributed by atoms with Crippen molar-refractivity contribution >= 4 is 187 Å². The number of benzene rings is 17. The molecule has 0 spiro atoms. The summed E-state index contributed by atoms with van der Waals surface area (Å²) in [5, 5.41) is 6.00. The molecular formula is C96H60B3N5O3. The Balaban J connectivity index is 0.834. The van der Waals surface area contributed by atoms with Crippen LogP contribution in [0.1, 0.15) is 0 Å². The minimum Gasteiger partial charge on any atom is -0.458 e. The fraction of sp³-hybridized carbons (Fsp3) is 0. The number of para-hydroxylation sites is 10. The molecule has 6 aliphatic heterocycles. The molecule has 107 heavy (non-hydrogen) atoms. The first-order valence-electron chi connectivity index (χ1n) is 36.8. The van der Waals surface area contributed by atoms with Crippen molar-refractivity contribution < 1.29 is 14.2 Å². The van der Waals surface area contributed by atoms with Crippen LogP contribution in [-0.2, 0) is 0 Å². The van der Waals surface area contributed by atoms with Gasteiger partial charge in [0, 0.05) is 102 Å². The molecule has 0 N–H and O–H groups in total. The van der Waals surface area contributed by atoms with E-state index in [4.69, 9.17) is 14.2 Å². The first-order valence-corrected chi connectivity index (χ1v) is 36.8. The van der Waals surface area contributed by atoms with Crippen molar-refractivity contribution in [3.8, 4) is 34.5 Å². The average molecular weight is 1360 g/mol. The van der Waals surface area contributed by atoms with Crippen molar-refractivity contribution in [2.24, 2.45) is 0 Å². The molecule has 0 aromatic heterocycles. The van der Waals surface area contributed by atoms with Gasteiger partial charge in [0.1, 0.15) is 34.5 Å². The zero-order chi connectivity index (χ0) is 70.0. The lowest BCUT2D eigenvalue weighted by Crippen LogP contribution is -2.59. The zero-order valence-corrected chi connectivity index (χ0v) is 57.8. The van der Waals surface area contributed by atoms with Gasteiger partial charge in [-0.3, -0.25) is 0 Å². The van der Waals surface area contributed by atoms with Gasteiger partial charge < -0.3 is 38.7 Å². The number of nitrogens with zero attached hydrogens (tertiary/aromatic N) is 5. The second-order valence-electron chi connectivity index (χ2n) is 28.5. The average Bonchev–Trinajstić information content (AvgIpc) is 0.683. The Hall–Kier alpha value is -13.9. The summed E-state index contributed by atoms with van der Waals surface area (Å²) in [7, 11) is 0. The Morgan fingerprint density at radius 2 is 0.486 bits per heavy atom. The van der Waals surface area contributed by atoms with Gasteiger partial charge in [-0.15, -0.1) is 0 Å². The number of anilines is 15. The molecule has 23 rings (SSSR count). The van der Waals surface area contributed by atoms with E-state index in [0.29, 0.717) is 0 Å². The summed E-state index contributed by atoms with van der Waals surface area (Å²) in [5.74, 6) is 4.80. The SMILES string of the molecule is c1ccc(N(c2ccccc2)c2cc3c4c(c2)N(c2ccccc2)c2ccccc2B4c2ccc4c5c6c(ccc5c5c7c(ccc5c4c2O3)B2c3ccccc3N(c3ccccc3)c3cc(N(c4ccccc4)c4ccccc4)cc(c32)O7)B2c3ccccc3N(c3ccccc3)c3cccc(c32)O6)cc1. The first kappa shape index (κ1) is 59.6. The maximum absolute atomic E-state index is 8.17. The third-order valence-corrected chi connectivity index (χ3v) is 22.9. The van der Waals surface area contributed by atoms with Crippen LogP contribution in [0.25, 0.3) is 32.3 Å². The molecule has 0 unspecified atom stereocenters. The monoisotopic (exact) mass is 1360 g/mol. The van der Waals surface area contributed by atoms with Gasteiger partial charge in [0.2, 0.25) is 0 Å². The van der Waals surface area contributed by atoms with Gasteiger partial charge in [-0.05, 0) is 193 Å². The van der Waals surface area contributed by atoms with Gasteiger partial charge in [0.05, 0.1) is 11.4 Å². The fourth-order valence-electron chi connectivity index (χ4n) is 18.6. The van der Waals surface area contributed by atoms with E-state index in [1.54, 1.807) is 0 Å². The summed E-state index contributed by atoms with van der Waals surface area (Å²) < 4.78 is 24.2. The van der Waals surface area contributed by atoms with Crippen molar-refractivity contribution in [3.05, 3.63) is 364 Å². The lowest BCUT2D eigenvalue weighted by molar-refractivity contribution is 0.492. The molecule has 0 aliphatic carbocycles. The highest BCUT2D eigenvalue weighted by molar-refractivity contribution is 7.01. The van der Waals surface area contributed by atoms with Crippen LogP contribution in [0.5, 0.6) is 34.5 Å². The van der Waals surface area contributed by atoms with E-state index < -0.39 is 0 Å². The molecule has 6 aliphatic rings. The van der Waals surface area contributed by atoms with Gasteiger partial charge in [0.15, 0.2) is 0 Å². The minimum atomic E-state index is -0.246. The molecule has 496 valence electrons. The molecule has 0 amide bonds. The van der Waals surface area contributed by atoms with E-state index in [-0.39, 0.29) is 20.1 Å². The van der Waals surface area contributed by atoms with E-state index in [9.17, 15) is 0 Å². The predicted molar refractivity (Wildman–Crippen MR) is 446 cm³/mol. The van der Waals surface area contributed by atoms with Gasteiger partial charge in [0.25, 0.3) is 20.1 Å². The summed E-state index contributed by atoms with van der Waals surface area (Å²) in [6.07, 6.45) is 0. The van der Waals surface area contributed by atoms with Gasteiger partial charge >= 0.3 is 0 Å². The standard InChI is InChI=1S/C96H60B3N5O3/c1-8-29-61(30-9-1)100(62-31-10-2-11-32-62)68-57-83-92-86(59-68)106-95-77(98(92)74-44-23-26-47-80(74)103(83)66-39-18-6-19-40-66)55-52-71-88-70(51-54-76-94(88)105-85-50-28-49-82-91(85)97(76)73-43-22-25-46-79(73)102(82)65-37-16-5-17-38-65)89-72(90(71)95)53-56-78-96(89)107-87-60-69(101(63-33-12-3-13-34-63)64-35-14-4-15-36-64)58-84-93(87)99(78)75-45-24-27-48-81(75)104(84)67-41-20-7-21-42-67/h1-60H. The maximum atomic E-state index is 8.17. The molecule has 8 nitrogen and oxygen atoms in total. The predicted octanol–water partition coefficient (Wildman–Crippen LogP) is 19.3. The first-order chi connectivity index (χ1) is 53.1. The van der Waals surface area contributed by atoms with Crippen LogP contribution < -0.4 is 87.9 Å². The Kier molecular flexibility index (Phi) is 13.0. The van der Waals surface area contributed by atoms with E-state index in [0.717, 1.165) is 185 Å². The summed E-state index contributed by atoms with van der Waals surface area (Å²) >= 11 is 0. The van der Waals surface area contributed by atoms with Crippen molar-refractivity contribution in [2.45, 2.75) is 0 Å². The van der Waals surface area contributed by atoms with Crippen molar-refractivity contribution in [2.75, 3.05) is 24.5 Å². The molecule has 0 bridgehead atoms. The second kappa shape index (κ2) is 23.3. The molecule has 0 saturated heterocycles. The van der Waals surface area contributed by atoms with Crippen LogP contribution in [0.2, 0.25) is 0 Å². The third kappa shape index (κ3) is 8.77. The largest absolute Gasteiger partial charge is 0.458 e. The second-order valence-corrected chi connectivity index (χ2v) is 28.5. The topological polar surface area (TPSA) is 43.9 Å². The van der Waals surface area contributed by atoms with Crippen LogP contribution in [-0.4, -0.2) is 20.1 Å².